The maximum atomic E-state index is 13.8. The van der Waals surface area contributed by atoms with E-state index in [1.54, 1.807) is 27.7 Å². The van der Waals surface area contributed by atoms with Crippen molar-refractivity contribution in [1.82, 2.24) is 0 Å². The van der Waals surface area contributed by atoms with Crippen LogP contribution in [0.15, 0.2) is 11.1 Å². The molecule has 1 saturated heterocycles. The van der Waals surface area contributed by atoms with Crippen LogP contribution in [0.25, 0.3) is 0 Å². The maximum Gasteiger partial charge on any atom is 0.174 e. The van der Waals surface area contributed by atoms with Crippen molar-refractivity contribution in [2.45, 2.75) is 83.1 Å². The Labute approximate surface area is 215 Å². The molecular weight excluding hydrogens is 622 g/mol. The molecule has 4 N–H and O–H groups in total. The predicted octanol–water partition coefficient (Wildman–Crippen LogP) is 0.736. The predicted molar refractivity (Wildman–Crippen MR) is 108 cm³/mol. The Morgan fingerprint density at radius 2 is 1.80 bits per heavy atom. The Hall–Kier alpha value is 1.04. The summed E-state index contributed by atoms with van der Waals surface area (Å²) < 4.78 is 11.2. The quantitative estimate of drug-likeness (QED) is 0.244. The molecule has 0 aromatic heterocycles. The number of Topliss-reactive ketones (excluding diaryl/α,β-unsaturated/α-hetero) is 1. The average molecular weight is 655 g/mol. The number of aliphatic hydroxyl groups excluding tert-OH is 2. The molecule has 7 nitrogen and oxygen atoms in total. The normalized spacial score (nSPS) is 52.3. The number of carbonyl (C=O) groups excluding carboxylic acids is 1. The monoisotopic (exact) mass is 655 g/mol. The van der Waals surface area contributed by atoms with E-state index in [1.807, 2.05) is 6.92 Å². The minimum absolute atomic E-state index is 0. The third-order valence-corrected chi connectivity index (χ3v) is 9.34. The Kier molecular flexibility index (Phi) is 6.66. The summed E-state index contributed by atoms with van der Waals surface area (Å²) in [4.78, 5) is 13.8. The van der Waals surface area contributed by atoms with E-state index in [2.05, 4.69) is 9.47 Å². The topological polar surface area (TPSA) is 116 Å². The molecular formula is C21H33AcO7P. The van der Waals surface area contributed by atoms with E-state index in [9.17, 15) is 25.2 Å². The summed E-state index contributed by atoms with van der Waals surface area (Å²) in [5.74, 6) is -1.73. The number of carbonyl (C=O) groups is 1. The van der Waals surface area contributed by atoms with Gasteiger partial charge in [-0.15, -0.1) is 0 Å². The third-order valence-electron chi connectivity index (χ3n) is 9.01. The van der Waals surface area contributed by atoms with E-state index in [0.29, 0.717) is 17.6 Å². The summed E-state index contributed by atoms with van der Waals surface area (Å²) in [6, 6.07) is 0. The van der Waals surface area contributed by atoms with Crippen LogP contribution < -0.4 is 0 Å². The SMILES string of the molecule is CC1=C2C(O)C(=O)[C@]3(C)C(OP)CC4OCC4(O)C3[C@H](C)C(O)(CC1O)C2(C)C.[Ac]. The van der Waals surface area contributed by atoms with Crippen LogP contribution in [0.2, 0.25) is 0 Å². The van der Waals surface area contributed by atoms with Crippen molar-refractivity contribution in [1.29, 1.82) is 0 Å². The zero-order valence-electron chi connectivity index (χ0n) is 18.3. The average Bonchev–Trinajstić information content (AvgIpc) is 2.63. The minimum Gasteiger partial charge on any atom is -0.389 e. The molecule has 2 bridgehead atoms. The summed E-state index contributed by atoms with van der Waals surface area (Å²) in [6.07, 6.45) is -3.20. The van der Waals surface area contributed by atoms with Crippen LogP contribution in [0.4, 0.5) is 0 Å². The van der Waals surface area contributed by atoms with Gasteiger partial charge in [0.1, 0.15) is 11.7 Å². The number of ketones is 1. The minimum atomic E-state index is -1.50. The molecule has 4 rings (SSSR count). The first-order valence-corrected chi connectivity index (χ1v) is 10.8. The molecule has 1 aliphatic heterocycles. The molecule has 167 valence electrons. The second-order valence-electron chi connectivity index (χ2n) is 10.3. The van der Waals surface area contributed by atoms with Crippen LogP contribution in [0.1, 0.15) is 47.5 Å². The van der Waals surface area contributed by atoms with Crippen LogP contribution in [0.3, 0.4) is 0 Å². The van der Waals surface area contributed by atoms with Gasteiger partial charge in [0, 0.05) is 77.7 Å². The van der Waals surface area contributed by atoms with Crippen LogP contribution >= 0.6 is 9.47 Å². The van der Waals surface area contributed by atoms with Crippen molar-refractivity contribution >= 4 is 15.2 Å². The first-order chi connectivity index (χ1) is 13.3. The van der Waals surface area contributed by atoms with E-state index >= 15 is 0 Å². The summed E-state index contributed by atoms with van der Waals surface area (Å²) in [7, 11) is 2.20. The molecule has 1 radical (unpaired) electrons. The van der Waals surface area contributed by atoms with E-state index in [-0.39, 0.29) is 57.1 Å². The van der Waals surface area contributed by atoms with Crippen molar-refractivity contribution in [3.8, 4) is 0 Å². The molecule has 3 fully saturated rings. The van der Waals surface area contributed by atoms with Gasteiger partial charge in [-0.2, -0.15) is 0 Å². The Morgan fingerprint density at radius 1 is 1.20 bits per heavy atom. The van der Waals surface area contributed by atoms with Crippen molar-refractivity contribution in [2.24, 2.45) is 22.7 Å². The fourth-order valence-corrected chi connectivity index (χ4v) is 7.57. The van der Waals surface area contributed by atoms with Gasteiger partial charge < -0.3 is 29.7 Å². The Balaban J connectivity index is 0.00000256. The zero-order chi connectivity index (χ0) is 21.7. The molecule has 10 atom stereocenters. The number of fused-ring (bicyclic) bond motifs is 5. The van der Waals surface area contributed by atoms with Crippen molar-refractivity contribution in [3.05, 3.63) is 11.1 Å². The van der Waals surface area contributed by atoms with E-state index < -0.39 is 64.1 Å². The maximum absolute atomic E-state index is 13.8. The number of ether oxygens (including phenoxy) is 1. The summed E-state index contributed by atoms with van der Waals surface area (Å²) in [5.41, 5.74) is -4.08. The molecule has 2 saturated carbocycles. The van der Waals surface area contributed by atoms with Gasteiger partial charge >= 0.3 is 0 Å². The summed E-state index contributed by atoms with van der Waals surface area (Å²) in [6.45, 7) is 8.94. The van der Waals surface area contributed by atoms with Crippen LogP contribution in [0.5, 0.6) is 0 Å². The Bertz CT molecular complexity index is 787. The van der Waals surface area contributed by atoms with Gasteiger partial charge in [0.2, 0.25) is 0 Å². The fourth-order valence-electron chi connectivity index (χ4n) is 7.18. The molecule has 30 heavy (non-hydrogen) atoms. The molecule has 0 aromatic rings. The molecule has 0 amide bonds. The molecule has 8 unspecified atom stereocenters. The second kappa shape index (κ2) is 7.79. The van der Waals surface area contributed by atoms with Crippen LogP contribution in [0, 0.1) is 66.7 Å². The summed E-state index contributed by atoms with van der Waals surface area (Å²) >= 11 is 0. The largest absolute Gasteiger partial charge is 0.389 e. The van der Waals surface area contributed by atoms with E-state index in [4.69, 9.17) is 9.26 Å². The third kappa shape index (κ3) is 2.88. The Morgan fingerprint density at radius 3 is 2.30 bits per heavy atom. The van der Waals surface area contributed by atoms with Gasteiger partial charge in [0.05, 0.1) is 35.9 Å². The van der Waals surface area contributed by atoms with Crippen molar-refractivity contribution in [3.63, 3.8) is 0 Å². The van der Waals surface area contributed by atoms with E-state index in [1.165, 1.54) is 0 Å². The smallest absolute Gasteiger partial charge is 0.174 e. The molecule has 1 heterocycles. The van der Waals surface area contributed by atoms with E-state index in [0.717, 1.165) is 0 Å². The molecule has 0 spiro atoms. The molecule has 9 heteroatoms. The van der Waals surface area contributed by atoms with Gasteiger partial charge in [0.25, 0.3) is 0 Å². The standard InChI is InChI=1S/C21H33O7P.Ac/c1-9-11(22)7-21(26)10(2)16-19(5,17(24)15(23)14(9)18(21,3)4)12(28-29)6-13-20(16,25)8-27-13;/h10-13,15-16,22-23,25-26H,6-8,29H2,1-5H3;/t10-,11?,12?,13?,15?,16?,19+,20?,21?;/m0./s1. The molecule has 0 aromatic carbocycles. The number of aliphatic hydroxyl groups is 4. The van der Waals surface area contributed by atoms with Crippen LogP contribution in [-0.4, -0.2) is 68.4 Å². The number of hydrogen-bond acceptors (Lipinski definition) is 7. The molecule has 4 aliphatic rings. The zero-order valence-corrected chi connectivity index (χ0v) is 24.2. The fraction of sp³-hybridized carbons (Fsp3) is 0.857. The van der Waals surface area contributed by atoms with Gasteiger partial charge in [-0.05, 0) is 30.9 Å². The van der Waals surface area contributed by atoms with Crippen molar-refractivity contribution in [2.75, 3.05) is 6.61 Å². The second-order valence-corrected chi connectivity index (χ2v) is 10.6. The first-order valence-electron chi connectivity index (χ1n) is 10.3. The van der Waals surface area contributed by atoms with Crippen LogP contribution in [-0.2, 0) is 14.1 Å². The van der Waals surface area contributed by atoms with Gasteiger partial charge in [-0.25, -0.2) is 0 Å². The first kappa shape index (κ1) is 25.7. The number of hydrogen-bond donors (Lipinski definition) is 4. The summed E-state index contributed by atoms with van der Waals surface area (Å²) in [5, 5.41) is 45.6. The van der Waals surface area contributed by atoms with Crippen molar-refractivity contribution < 1.29 is 78.5 Å². The van der Waals surface area contributed by atoms with Gasteiger partial charge in [0.15, 0.2) is 5.78 Å². The molecule has 3 aliphatic carbocycles. The van der Waals surface area contributed by atoms with Gasteiger partial charge in [-0.1, -0.05) is 20.8 Å². The number of rotatable bonds is 1. The van der Waals surface area contributed by atoms with Gasteiger partial charge in [-0.3, -0.25) is 4.79 Å².